The number of anilines is 1. The zero-order chi connectivity index (χ0) is 14.7. The topological polar surface area (TPSA) is 47.0 Å². The van der Waals surface area contributed by atoms with Gasteiger partial charge in [0.25, 0.3) is 0 Å². The first-order valence-electron chi connectivity index (χ1n) is 6.85. The number of nitrogens with one attached hydrogen (secondary N) is 1. The fourth-order valence-corrected chi connectivity index (χ4v) is 2.02. The monoisotopic (exact) mass is 271 g/mol. The third-order valence-electron chi connectivity index (χ3n) is 3.25. The number of aromatic nitrogens is 2. The highest BCUT2D eigenvalue weighted by molar-refractivity contribution is 5.46. The molecule has 0 fully saturated rings. The van der Waals surface area contributed by atoms with E-state index in [2.05, 4.69) is 41.3 Å². The zero-order valence-corrected chi connectivity index (χ0v) is 12.7. The third kappa shape index (κ3) is 3.07. The smallest absolute Gasteiger partial charge is 0.226 e. The second-order valence-corrected chi connectivity index (χ2v) is 4.96. The molecule has 0 radical (unpaired) electrons. The van der Waals surface area contributed by atoms with Crippen LogP contribution in [0.1, 0.15) is 29.3 Å². The van der Waals surface area contributed by atoms with Crippen molar-refractivity contribution in [2.45, 2.75) is 34.6 Å². The number of nitrogens with zero attached hydrogens (tertiary/aromatic N) is 2. The van der Waals surface area contributed by atoms with Crippen molar-refractivity contribution in [2.24, 2.45) is 0 Å². The van der Waals surface area contributed by atoms with Crippen LogP contribution in [-0.2, 0) is 0 Å². The number of rotatable bonds is 4. The summed E-state index contributed by atoms with van der Waals surface area (Å²) in [5.41, 5.74) is 4.35. The van der Waals surface area contributed by atoms with E-state index in [4.69, 9.17) is 4.74 Å². The lowest BCUT2D eigenvalue weighted by Crippen LogP contribution is -2.04. The molecule has 106 valence electrons. The van der Waals surface area contributed by atoms with Gasteiger partial charge in [0, 0.05) is 18.3 Å². The summed E-state index contributed by atoms with van der Waals surface area (Å²) >= 11 is 0. The summed E-state index contributed by atoms with van der Waals surface area (Å²) in [5.74, 6) is 2.06. The SMILES string of the molecule is CCNc1nc(C)cc(Oc2c(C)ccc(C)c2C)n1. The largest absolute Gasteiger partial charge is 0.438 e. The average molecular weight is 271 g/mol. The Labute approximate surface area is 120 Å². The van der Waals surface area contributed by atoms with Crippen molar-refractivity contribution in [3.63, 3.8) is 0 Å². The molecular weight excluding hydrogens is 250 g/mol. The van der Waals surface area contributed by atoms with Crippen molar-refractivity contribution in [3.8, 4) is 11.6 Å². The number of benzene rings is 1. The van der Waals surface area contributed by atoms with Crippen LogP contribution in [0.5, 0.6) is 11.6 Å². The Kier molecular flexibility index (Phi) is 4.23. The standard InChI is InChI=1S/C16H21N3O/c1-6-17-16-18-12(4)9-14(19-16)20-15-11(3)8-7-10(2)13(15)5/h7-9H,6H2,1-5H3,(H,17,18,19). The van der Waals surface area contributed by atoms with Crippen LogP contribution in [0.4, 0.5) is 5.95 Å². The summed E-state index contributed by atoms with van der Waals surface area (Å²) in [5, 5.41) is 3.11. The summed E-state index contributed by atoms with van der Waals surface area (Å²) in [6.07, 6.45) is 0. The lowest BCUT2D eigenvalue weighted by atomic mass is 10.1. The number of hydrogen-bond donors (Lipinski definition) is 1. The van der Waals surface area contributed by atoms with E-state index in [1.54, 1.807) is 0 Å². The second-order valence-electron chi connectivity index (χ2n) is 4.96. The quantitative estimate of drug-likeness (QED) is 0.915. The molecule has 2 aromatic rings. The molecule has 0 spiro atoms. The Morgan fingerprint density at radius 1 is 1.05 bits per heavy atom. The molecule has 0 unspecified atom stereocenters. The zero-order valence-electron chi connectivity index (χ0n) is 12.7. The summed E-state index contributed by atoms with van der Waals surface area (Å²) in [4.78, 5) is 8.71. The van der Waals surface area contributed by atoms with Gasteiger partial charge in [-0.15, -0.1) is 0 Å². The van der Waals surface area contributed by atoms with Gasteiger partial charge in [0.2, 0.25) is 11.8 Å². The minimum absolute atomic E-state index is 0.574. The van der Waals surface area contributed by atoms with Crippen LogP contribution < -0.4 is 10.1 Å². The molecular formula is C16H21N3O. The maximum Gasteiger partial charge on any atom is 0.226 e. The molecule has 0 atom stereocenters. The molecule has 2 rings (SSSR count). The van der Waals surface area contributed by atoms with Crippen molar-refractivity contribution in [1.82, 2.24) is 9.97 Å². The normalized spacial score (nSPS) is 10.4. The molecule has 0 bridgehead atoms. The number of ether oxygens (including phenoxy) is 1. The van der Waals surface area contributed by atoms with E-state index in [-0.39, 0.29) is 0 Å². The maximum absolute atomic E-state index is 6.00. The van der Waals surface area contributed by atoms with Crippen LogP contribution in [0.2, 0.25) is 0 Å². The molecule has 0 aliphatic carbocycles. The Bertz CT molecular complexity index is 623. The van der Waals surface area contributed by atoms with E-state index in [0.717, 1.165) is 29.1 Å². The van der Waals surface area contributed by atoms with Gasteiger partial charge < -0.3 is 10.1 Å². The van der Waals surface area contributed by atoms with Crippen LogP contribution in [0.3, 0.4) is 0 Å². The van der Waals surface area contributed by atoms with Gasteiger partial charge in [0.05, 0.1) is 0 Å². The summed E-state index contributed by atoms with van der Waals surface area (Å²) in [7, 11) is 0. The molecule has 0 saturated carbocycles. The predicted molar refractivity (Wildman–Crippen MR) is 81.7 cm³/mol. The van der Waals surface area contributed by atoms with Gasteiger partial charge in [-0.1, -0.05) is 12.1 Å². The summed E-state index contributed by atoms with van der Waals surface area (Å²) in [6.45, 7) is 10.9. The number of aryl methyl sites for hydroxylation is 3. The van der Waals surface area contributed by atoms with Crippen molar-refractivity contribution in [3.05, 3.63) is 40.6 Å². The lowest BCUT2D eigenvalue weighted by Gasteiger charge is -2.14. The Balaban J connectivity index is 2.37. The highest BCUT2D eigenvalue weighted by Gasteiger charge is 2.10. The lowest BCUT2D eigenvalue weighted by molar-refractivity contribution is 0.454. The van der Waals surface area contributed by atoms with Crippen LogP contribution >= 0.6 is 0 Å². The first-order valence-corrected chi connectivity index (χ1v) is 6.85. The summed E-state index contributed by atoms with van der Waals surface area (Å²) in [6, 6.07) is 6.02. The third-order valence-corrected chi connectivity index (χ3v) is 3.25. The fourth-order valence-electron chi connectivity index (χ4n) is 2.02. The number of hydrogen-bond acceptors (Lipinski definition) is 4. The molecule has 4 nitrogen and oxygen atoms in total. The second kappa shape index (κ2) is 5.90. The van der Waals surface area contributed by atoms with E-state index in [1.165, 1.54) is 5.56 Å². The molecule has 1 aromatic carbocycles. The van der Waals surface area contributed by atoms with Gasteiger partial charge in [0.1, 0.15) is 5.75 Å². The van der Waals surface area contributed by atoms with E-state index in [0.29, 0.717) is 11.8 Å². The Morgan fingerprint density at radius 3 is 2.45 bits per heavy atom. The molecule has 1 heterocycles. The highest BCUT2D eigenvalue weighted by Crippen LogP contribution is 2.30. The average Bonchev–Trinajstić information content (AvgIpc) is 2.39. The van der Waals surface area contributed by atoms with Crippen molar-refractivity contribution in [2.75, 3.05) is 11.9 Å². The molecule has 0 saturated heterocycles. The van der Waals surface area contributed by atoms with Gasteiger partial charge in [-0.05, 0) is 51.3 Å². The molecule has 1 N–H and O–H groups in total. The van der Waals surface area contributed by atoms with Crippen molar-refractivity contribution >= 4 is 5.95 Å². The van der Waals surface area contributed by atoms with E-state index >= 15 is 0 Å². The summed E-state index contributed by atoms with van der Waals surface area (Å²) < 4.78 is 6.00. The van der Waals surface area contributed by atoms with Gasteiger partial charge in [-0.3, -0.25) is 0 Å². The minimum Gasteiger partial charge on any atom is -0.438 e. The fraction of sp³-hybridized carbons (Fsp3) is 0.375. The first kappa shape index (κ1) is 14.3. The first-order chi connectivity index (χ1) is 9.51. The predicted octanol–water partition coefficient (Wildman–Crippen LogP) is 3.93. The molecule has 0 amide bonds. The molecule has 0 aliphatic rings. The van der Waals surface area contributed by atoms with Crippen LogP contribution in [0, 0.1) is 27.7 Å². The van der Waals surface area contributed by atoms with E-state index in [9.17, 15) is 0 Å². The minimum atomic E-state index is 0.574. The Morgan fingerprint density at radius 2 is 1.75 bits per heavy atom. The molecule has 20 heavy (non-hydrogen) atoms. The molecule has 0 aliphatic heterocycles. The van der Waals surface area contributed by atoms with E-state index in [1.807, 2.05) is 26.8 Å². The molecule has 4 heteroatoms. The van der Waals surface area contributed by atoms with Crippen LogP contribution in [0.15, 0.2) is 18.2 Å². The maximum atomic E-state index is 6.00. The van der Waals surface area contributed by atoms with E-state index < -0.39 is 0 Å². The Hall–Kier alpha value is -2.10. The van der Waals surface area contributed by atoms with Gasteiger partial charge in [-0.25, -0.2) is 4.98 Å². The van der Waals surface area contributed by atoms with Crippen molar-refractivity contribution in [1.29, 1.82) is 0 Å². The molecule has 1 aromatic heterocycles. The van der Waals surface area contributed by atoms with Gasteiger partial charge >= 0.3 is 0 Å². The van der Waals surface area contributed by atoms with Crippen LogP contribution in [0.25, 0.3) is 0 Å². The highest BCUT2D eigenvalue weighted by atomic mass is 16.5. The van der Waals surface area contributed by atoms with Crippen molar-refractivity contribution < 1.29 is 4.74 Å². The van der Waals surface area contributed by atoms with Gasteiger partial charge in [-0.2, -0.15) is 4.98 Å². The van der Waals surface area contributed by atoms with Crippen LogP contribution in [-0.4, -0.2) is 16.5 Å². The van der Waals surface area contributed by atoms with Gasteiger partial charge in [0.15, 0.2) is 0 Å².